The predicted molar refractivity (Wildman–Crippen MR) is 91.2 cm³/mol. The number of piperidine rings is 1. The molecule has 23 heavy (non-hydrogen) atoms. The molecule has 1 aromatic carbocycles. The molecule has 1 aromatic rings. The van der Waals surface area contributed by atoms with E-state index in [-0.39, 0.29) is 11.2 Å². The van der Waals surface area contributed by atoms with Crippen LogP contribution in [0.4, 0.5) is 0 Å². The molecule has 0 aromatic heterocycles. The Morgan fingerprint density at radius 1 is 1.43 bits per heavy atom. The van der Waals surface area contributed by atoms with Crippen LogP contribution in [0.5, 0.6) is 0 Å². The lowest BCUT2D eigenvalue weighted by Crippen LogP contribution is -2.51. The van der Waals surface area contributed by atoms with Crippen LogP contribution in [-0.2, 0) is 16.6 Å². The molecule has 5 nitrogen and oxygen atoms in total. The lowest BCUT2D eigenvalue weighted by molar-refractivity contribution is 0.218. The molecule has 1 fully saturated rings. The second kappa shape index (κ2) is 7.43. The molecule has 0 aliphatic carbocycles. The maximum atomic E-state index is 12.3. The largest absolute Gasteiger partial charge is 0.310 e. The number of nitrogens with one attached hydrogen (secondary N) is 1. The van der Waals surface area contributed by atoms with Crippen molar-refractivity contribution in [3.05, 3.63) is 35.4 Å². The van der Waals surface area contributed by atoms with Gasteiger partial charge in [0.2, 0.25) is 10.0 Å². The fourth-order valence-electron chi connectivity index (χ4n) is 2.94. The Balaban J connectivity index is 1.93. The van der Waals surface area contributed by atoms with Crippen LogP contribution in [0.15, 0.2) is 24.3 Å². The first kappa shape index (κ1) is 17.9. The Kier molecular flexibility index (Phi) is 5.79. The number of nitriles is 1. The SMILES string of the molecule is CC(C)S(=O)(=O)N1CC[C@H](NCc2cccc(C#N)c2)[C@H](C)C1. The van der Waals surface area contributed by atoms with E-state index in [9.17, 15) is 8.42 Å². The minimum Gasteiger partial charge on any atom is -0.310 e. The highest BCUT2D eigenvalue weighted by Crippen LogP contribution is 2.22. The number of hydrogen-bond acceptors (Lipinski definition) is 4. The molecule has 0 amide bonds. The first-order valence-electron chi connectivity index (χ1n) is 8.06. The van der Waals surface area contributed by atoms with E-state index < -0.39 is 10.0 Å². The first-order valence-corrected chi connectivity index (χ1v) is 9.56. The summed E-state index contributed by atoms with van der Waals surface area (Å²) in [7, 11) is -3.16. The lowest BCUT2D eigenvalue weighted by Gasteiger charge is -2.37. The van der Waals surface area contributed by atoms with Gasteiger partial charge in [0.05, 0.1) is 16.9 Å². The summed E-state index contributed by atoms with van der Waals surface area (Å²) < 4.78 is 26.1. The molecule has 0 spiro atoms. The van der Waals surface area contributed by atoms with E-state index in [1.165, 1.54) is 0 Å². The Labute approximate surface area is 139 Å². The molecule has 1 aliphatic heterocycles. The van der Waals surface area contributed by atoms with Gasteiger partial charge in [-0.15, -0.1) is 0 Å². The average Bonchev–Trinajstić information content (AvgIpc) is 2.53. The zero-order valence-electron chi connectivity index (χ0n) is 14.0. The van der Waals surface area contributed by atoms with E-state index >= 15 is 0 Å². The summed E-state index contributed by atoms with van der Waals surface area (Å²) in [4.78, 5) is 0. The highest BCUT2D eigenvalue weighted by Gasteiger charge is 2.33. The van der Waals surface area contributed by atoms with Crippen LogP contribution >= 0.6 is 0 Å². The number of hydrogen-bond donors (Lipinski definition) is 1. The van der Waals surface area contributed by atoms with Crippen LogP contribution < -0.4 is 5.32 Å². The zero-order chi connectivity index (χ0) is 17.0. The quantitative estimate of drug-likeness (QED) is 0.894. The Morgan fingerprint density at radius 2 is 2.17 bits per heavy atom. The van der Waals surface area contributed by atoms with Crippen LogP contribution in [-0.4, -0.2) is 37.1 Å². The molecule has 0 unspecified atom stereocenters. The highest BCUT2D eigenvalue weighted by atomic mass is 32.2. The van der Waals surface area contributed by atoms with Crippen molar-refractivity contribution in [2.45, 2.75) is 45.0 Å². The normalized spacial score (nSPS) is 22.9. The molecule has 2 rings (SSSR count). The van der Waals surface area contributed by atoms with Crippen LogP contribution in [0.25, 0.3) is 0 Å². The minimum atomic E-state index is -3.16. The van der Waals surface area contributed by atoms with Crippen LogP contribution in [0.2, 0.25) is 0 Å². The van der Waals surface area contributed by atoms with Gasteiger partial charge in [-0.05, 0) is 43.9 Å². The fourth-order valence-corrected chi connectivity index (χ4v) is 4.34. The van der Waals surface area contributed by atoms with Gasteiger partial charge in [0.1, 0.15) is 0 Å². The van der Waals surface area contributed by atoms with Gasteiger partial charge in [-0.1, -0.05) is 19.1 Å². The monoisotopic (exact) mass is 335 g/mol. The van der Waals surface area contributed by atoms with Gasteiger partial charge in [-0.25, -0.2) is 12.7 Å². The lowest BCUT2D eigenvalue weighted by atomic mass is 9.95. The van der Waals surface area contributed by atoms with E-state index in [1.807, 2.05) is 18.2 Å². The van der Waals surface area contributed by atoms with Crippen molar-refractivity contribution in [1.82, 2.24) is 9.62 Å². The molecular formula is C17H25N3O2S. The first-order chi connectivity index (χ1) is 10.8. The summed E-state index contributed by atoms with van der Waals surface area (Å²) in [5, 5.41) is 12.1. The number of benzene rings is 1. The van der Waals surface area contributed by atoms with Crippen molar-refractivity contribution in [2.75, 3.05) is 13.1 Å². The molecular weight excluding hydrogens is 310 g/mol. The second-order valence-electron chi connectivity index (χ2n) is 6.52. The molecule has 0 bridgehead atoms. The molecule has 1 heterocycles. The summed E-state index contributed by atoms with van der Waals surface area (Å²) in [6.07, 6.45) is 0.811. The van der Waals surface area contributed by atoms with E-state index in [0.29, 0.717) is 31.2 Å². The molecule has 0 radical (unpaired) electrons. The Hall–Kier alpha value is -1.42. The van der Waals surface area contributed by atoms with Gasteiger partial charge in [0.15, 0.2) is 0 Å². The van der Waals surface area contributed by atoms with Crippen molar-refractivity contribution in [3.8, 4) is 6.07 Å². The molecule has 2 atom stereocenters. The maximum Gasteiger partial charge on any atom is 0.216 e. The Morgan fingerprint density at radius 3 is 2.78 bits per heavy atom. The van der Waals surface area contributed by atoms with Crippen LogP contribution in [0.3, 0.4) is 0 Å². The minimum absolute atomic E-state index is 0.261. The molecule has 126 valence electrons. The van der Waals surface area contributed by atoms with E-state index in [2.05, 4.69) is 18.3 Å². The van der Waals surface area contributed by atoms with E-state index in [4.69, 9.17) is 5.26 Å². The Bertz CT molecular complexity index is 679. The standard InChI is InChI=1S/C17H25N3O2S/c1-13(2)23(21,22)20-8-7-17(14(3)12-20)19-11-16-6-4-5-15(9-16)10-18/h4-6,9,13-14,17,19H,7-8,11-12H2,1-3H3/t14-,17+/m1/s1. The predicted octanol–water partition coefficient (Wildman–Crippen LogP) is 2.10. The summed E-state index contributed by atoms with van der Waals surface area (Å²) in [6.45, 7) is 7.38. The summed E-state index contributed by atoms with van der Waals surface area (Å²) in [6, 6.07) is 10.00. The van der Waals surface area contributed by atoms with Crippen molar-refractivity contribution >= 4 is 10.0 Å². The van der Waals surface area contributed by atoms with Gasteiger partial charge < -0.3 is 5.32 Å². The van der Waals surface area contributed by atoms with Crippen LogP contribution in [0, 0.1) is 17.2 Å². The van der Waals surface area contributed by atoms with Gasteiger partial charge >= 0.3 is 0 Å². The van der Waals surface area contributed by atoms with Gasteiger partial charge in [0, 0.05) is 25.7 Å². The molecule has 1 saturated heterocycles. The molecule has 1 N–H and O–H groups in total. The molecule has 6 heteroatoms. The fraction of sp³-hybridized carbons (Fsp3) is 0.588. The maximum absolute atomic E-state index is 12.3. The zero-order valence-corrected chi connectivity index (χ0v) is 14.8. The number of sulfonamides is 1. The van der Waals surface area contributed by atoms with Crippen molar-refractivity contribution in [2.24, 2.45) is 5.92 Å². The summed E-state index contributed by atoms with van der Waals surface area (Å²) in [5.41, 5.74) is 1.74. The topological polar surface area (TPSA) is 73.2 Å². The third-order valence-corrected chi connectivity index (χ3v) is 6.69. The second-order valence-corrected chi connectivity index (χ2v) is 9.01. The van der Waals surface area contributed by atoms with Gasteiger partial charge in [-0.2, -0.15) is 5.26 Å². The number of rotatable bonds is 5. The third kappa shape index (κ3) is 4.31. The van der Waals surface area contributed by atoms with E-state index in [0.717, 1.165) is 12.0 Å². The van der Waals surface area contributed by atoms with Gasteiger partial charge in [0.25, 0.3) is 0 Å². The van der Waals surface area contributed by atoms with Crippen LogP contribution in [0.1, 0.15) is 38.3 Å². The molecule has 1 aliphatic rings. The summed E-state index contributed by atoms with van der Waals surface area (Å²) >= 11 is 0. The summed E-state index contributed by atoms with van der Waals surface area (Å²) in [5.74, 6) is 0.261. The smallest absolute Gasteiger partial charge is 0.216 e. The van der Waals surface area contributed by atoms with Crippen molar-refractivity contribution in [1.29, 1.82) is 5.26 Å². The van der Waals surface area contributed by atoms with Crippen molar-refractivity contribution < 1.29 is 8.42 Å². The third-order valence-electron chi connectivity index (χ3n) is 4.45. The van der Waals surface area contributed by atoms with Gasteiger partial charge in [-0.3, -0.25) is 0 Å². The van der Waals surface area contributed by atoms with E-state index in [1.54, 1.807) is 24.2 Å². The molecule has 0 saturated carbocycles. The highest BCUT2D eigenvalue weighted by molar-refractivity contribution is 7.89. The number of nitrogens with zero attached hydrogens (tertiary/aromatic N) is 2. The average molecular weight is 335 g/mol. The van der Waals surface area contributed by atoms with Crippen molar-refractivity contribution in [3.63, 3.8) is 0 Å².